The topological polar surface area (TPSA) is 26.0 Å². The molecule has 0 aromatic carbocycles. The molecular formula is C9H17NS. The van der Waals surface area contributed by atoms with E-state index in [2.05, 4.69) is 20.4 Å². The average Bonchev–Trinajstić information content (AvgIpc) is 2.28. The first kappa shape index (κ1) is 9.14. The highest BCUT2D eigenvalue weighted by atomic mass is 32.2. The van der Waals surface area contributed by atoms with Gasteiger partial charge in [-0.15, -0.1) is 0 Å². The Kier molecular flexibility index (Phi) is 2.66. The Morgan fingerprint density at radius 3 is 2.73 bits per heavy atom. The fourth-order valence-electron chi connectivity index (χ4n) is 1.73. The maximum Gasteiger partial charge on any atom is 0.0169 e. The van der Waals surface area contributed by atoms with Crippen LogP contribution in [-0.2, 0) is 0 Å². The summed E-state index contributed by atoms with van der Waals surface area (Å²) in [7, 11) is 0. The first-order chi connectivity index (χ1) is 5.08. The van der Waals surface area contributed by atoms with Crippen LogP contribution in [0.4, 0.5) is 0 Å². The molecule has 0 aromatic heterocycles. The van der Waals surface area contributed by atoms with Gasteiger partial charge in [0.15, 0.2) is 0 Å². The molecule has 0 amide bonds. The van der Waals surface area contributed by atoms with E-state index < -0.39 is 0 Å². The highest BCUT2D eigenvalue weighted by Crippen LogP contribution is 2.45. The smallest absolute Gasteiger partial charge is 0.0169 e. The van der Waals surface area contributed by atoms with Crippen LogP contribution in [0.3, 0.4) is 0 Å². The molecule has 2 N–H and O–H groups in total. The van der Waals surface area contributed by atoms with E-state index in [1.54, 1.807) is 0 Å². The molecular weight excluding hydrogens is 154 g/mol. The molecule has 2 heteroatoms. The minimum Gasteiger partial charge on any atom is -0.327 e. The Morgan fingerprint density at radius 1 is 1.73 bits per heavy atom. The monoisotopic (exact) mass is 171 g/mol. The maximum atomic E-state index is 5.56. The van der Waals surface area contributed by atoms with Crippen LogP contribution >= 0.6 is 11.8 Å². The summed E-state index contributed by atoms with van der Waals surface area (Å²) >= 11 is 2.03. The summed E-state index contributed by atoms with van der Waals surface area (Å²) in [5, 5.41) is 0. The van der Waals surface area contributed by atoms with Crippen molar-refractivity contribution in [2.45, 2.75) is 25.0 Å². The molecule has 11 heavy (non-hydrogen) atoms. The largest absolute Gasteiger partial charge is 0.327 e. The van der Waals surface area contributed by atoms with E-state index in [-0.39, 0.29) is 0 Å². The van der Waals surface area contributed by atoms with E-state index >= 15 is 0 Å². The van der Waals surface area contributed by atoms with Crippen molar-refractivity contribution >= 4 is 11.8 Å². The number of hydrogen-bond donors (Lipinski definition) is 1. The second-order valence-corrected chi connectivity index (χ2v) is 5.40. The van der Waals surface area contributed by atoms with E-state index in [4.69, 9.17) is 5.73 Å². The first-order valence-electron chi connectivity index (χ1n) is 4.09. The molecule has 0 saturated carbocycles. The number of rotatable bonds is 2. The summed E-state index contributed by atoms with van der Waals surface area (Å²) < 4.78 is 0.371. The number of thioether (sulfide) groups is 1. The van der Waals surface area contributed by atoms with E-state index in [1.807, 2.05) is 11.8 Å². The predicted octanol–water partition coefficient (Wildman–Crippen LogP) is 2.03. The van der Waals surface area contributed by atoms with Gasteiger partial charge in [-0.25, -0.2) is 0 Å². The highest BCUT2D eigenvalue weighted by molar-refractivity contribution is 8.00. The summed E-state index contributed by atoms with van der Waals surface area (Å²) in [6, 6.07) is 0. The lowest BCUT2D eigenvalue weighted by molar-refractivity contribution is 0.497. The van der Waals surface area contributed by atoms with Crippen molar-refractivity contribution in [3.05, 3.63) is 12.2 Å². The zero-order chi connectivity index (χ0) is 8.48. The van der Waals surface area contributed by atoms with Crippen molar-refractivity contribution < 1.29 is 0 Å². The molecule has 1 aliphatic rings. The van der Waals surface area contributed by atoms with Gasteiger partial charge in [0.05, 0.1) is 0 Å². The van der Waals surface area contributed by atoms with Crippen LogP contribution in [0.15, 0.2) is 12.2 Å². The lowest BCUT2D eigenvalue weighted by atomic mass is 9.86. The third-order valence-corrected chi connectivity index (χ3v) is 3.94. The lowest BCUT2D eigenvalue weighted by Gasteiger charge is -2.27. The normalized spacial score (nSPS) is 28.8. The Hall–Kier alpha value is 0.0500. The van der Waals surface area contributed by atoms with Gasteiger partial charge in [0.2, 0.25) is 0 Å². The van der Waals surface area contributed by atoms with Crippen molar-refractivity contribution in [1.29, 1.82) is 0 Å². The molecule has 1 fully saturated rings. The molecule has 1 rings (SSSR count). The van der Waals surface area contributed by atoms with Crippen LogP contribution < -0.4 is 5.73 Å². The molecule has 0 aromatic rings. The van der Waals surface area contributed by atoms with Crippen molar-refractivity contribution in [2.75, 3.05) is 12.3 Å². The SMILES string of the molecule is C=C(CN)C1CCSC1(C)C. The summed E-state index contributed by atoms with van der Waals surface area (Å²) in [4.78, 5) is 0. The van der Waals surface area contributed by atoms with E-state index in [0.717, 1.165) is 0 Å². The fourth-order valence-corrected chi connectivity index (χ4v) is 3.09. The Labute approximate surface area is 73.4 Å². The molecule has 1 unspecified atom stereocenters. The molecule has 64 valence electrons. The van der Waals surface area contributed by atoms with E-state index in [9.17, 15) is 0 Å². The van der Waals surface area contributed by atoms with Crippen molar-refractivity contribution in [2.24, 2.45) is 11.7 Å². The van der Waals surface area contributed by atoms with Gasteiger partial charge in [-0.2, -0.15) is 11.8 Å². The highest BCUT2D eigenvalue weighted by Gasteiger charge is 2.36. The first-order valence-corrected chi connectivity index (χ1v) is 5.08. The standard InChI is InChI=1S/C9H17NS/c1-7(6-10)8-4-5-11-9(8,2)3/h8H,1,4-6,10H2,2-3H3. The molecule has 1 heterocycles. The van der Waals surface area contributed by atoms with Crippen molar-refractivity contribution in [3.8, 4) is 0 Å². The van der Waals surface area contributed by atoms with Gasteiger partial charge in [-0.1, -0.05) is 26.0 Å². The van der Waals surface area contributed by atoms with Gasteiger partial charge in [0.1, 0.15) is 0 Å². The average molecular weight is 171 g/mol. The third-order valence-electron chi connectivity index (χ3n) is 2.47. The molecule has 0 aliphatic carbocycles. The second kappa shape index (κ2) is 3.20. The molecule has 0 radical (unpaired) electrons. The van der Waals surface area contributed by atoms with E-state index in [1.165, 1.54) is 17.7 Å². The molecule has 1 aliphatic heterocycles. The third kappa shape index (κ3) is 1.79. The van der Waals surface area contributed by atoms with Crippen LogP contribution in [0.2, 0.25) is 0 Å². The van der Waals surface area contributed by atoms with Gasteiger partial charge >= 0.3 is 0 Å². The van der Waals surface area contributed by atoms with Crippen LogP contribution in [-0.4, -0.2) is 17.0 Å². The zero-order valence-electron chi connectivity index (χ0n) is 7.39. The lowest BCUT2D eigenvalue weighted by Crippen LogP contribution is -2.26. The molecule has 0 bridgehead atoms. The van der Waals surface area contributed by atoms with Gasteiger partial charge in [-0.3, -0.25) is 0 Å². The maximum absolute atomic E-state index is 5.56. The van der Waals surface area contributed by atoms with Crippen LogP contribution in [0.5, 0.6) is 0 Å². The quantitative estimate of drug-likeness (QED) is 0.643. The van der Waals surface area contributed by atoms with Gasteiger partial charge in [0.25, 0.3) is 0 Å². The molecule has 1 atom stereocenters. The number of nitrogens with two attached hydrogens (primary N) is 1. The van der Waals surface area contributed by atoms with Crippen LogP contribution in [0, 0.1) is 5.92 Å². The fraction of sp³-hybridized carbons (Fsp3) is 0.778. The second-order valence-electron chi connectivity index (χ2n) is 3.66. The van der Waals surface area contributed by atoms with Crippen LogP contribution in [0.1, 0.15) is 20.3 Å². The molecule has 1 saturated heterocycles. The molecule has 0 spiro atoms. The van der Waals surface area contributed by atoms with Crippen molar-refractivity contribution in [1.82, 2.24) is 0 Å². The van der Waals surface area contributed by atoms with Gasteiger partial charge in [-0.05, 0) is 18.1 Å². The predicted molar refractivity (Wildman–Crippen MR) is 52.8 cm³/mol. The zero-order valence-corrected chi connectivity index (χ0v) is 8.21. The summed E-state index contributed by atoms with van der Waals surface area (Å²) in [5.74, 6) is 1.90. The van der Waals surface area contributed by atoms with Gasteiger partial charge < -0.3 is 5.73 Å². The summed E-state index contributed by atoms with van der Waals surface area (Å²) in [6.07, 6.45) is 1.26. The Balaban J connectivity index is 2.64. The minimum atomic E-state index is 0.371. The summed E-state index contributed by atoms with van der Waals surface area (Å²) in [6.45, 7) is 9.24. The minimum absolute atomic E-state index is 0.371. The number of hydrogen-bond acceptors (Lipinski definition) is 2. The van der Waals surface area contributed by atoms with E-state index in [0.29, 0.717) is 17.2 Å². The summed E-state index contributed by atoms with van der Waals surface area (Å²) in [5.41, 5.74) is 6.79. The van der Waals surface area contributed by atoms with Crippen LogP contribution in [0.25, 0.3) is 0 Å². The van der Waals surface area contributed by atoms with Crippen molar-refractivity contribution in [3.63, 3.8) is 0 Å². The Bertz CT molecular complexity index is 163. The molecule has 1 nitrogen and oxygen atoms in total. The Morgan fingerprint density at radius 2 is 2.36 bits per heavy atom. The van der Waals surface area contributed by atoms with Gasteiger partial charge in [0, 0.05) is 11.3 Å².